The number of piperidine rings is 1. The van der Waals surface area contributed by atoms with Crippen LogP contribution in [0.3, 0.4) is 0 Å². The van der Waals surface area contributed by atoms with Gasteiger partial charge in [0, 0.05) is 38.4 Å². The molecule has 134 valence electrons. The standard InChI is InChI=1S/C17H21ClN4O3/c18-13-7-12(9-19-10-13)16(24)20-8-11-3-5-22(6-4-11)17(25)14-1-2-15(23)21-14/h7,9-11,14H,1-6,8H2,(H,20,24)(H,21,23). The monoisotopic (exact) mass is 364 g/mol. The average molecular weight is 365 g/mol. The molecule has 0 radical (unpaired) electrons. The number of nitrogens with one attached hydrogen (secondary N) is 2. The van der Waals surface area contributed by atoms with E-state index in [2.05, 4.69) is 15.6 Å². The lowest BCUT2D eigenvalue weighted by molar-refractivity contribution is -0.135. The van der Waals surface area contributed by atoms with E-state index in [1.54, 1.807) is 6.07 Å². The first-order chi connectivity index (χ1) is 12.0. The van der Waals surface area contributed by atoms with Crippen LogP contribution in [0.4, 0.5) is 0 Å². The third-order valence-electron chi connectivity index (χ3n) is 4.74. The zero-order valence-corrected chi connectivity index (χ0v) is 14.6. The van der Waals surface area contributed by atoms with Gasteiger partial charge in [-0.3, -0.25) is 19.4 Å². The molecular formula is C17H21ClN4O3. The van der Waals surface area contributed by atoms with Crippen molar-refractivity contribution in [3.8, 4) is 0 Å². The van der Waals surface area contributed by atoms with Crippen LogP contribution in [0, 0.1) is 5.92 Å². The van der Waals surface area contributed by atoms with Gasteiger partial charge in [0.1, 0.15) is 6.04 Å². The maximum Gasteiger partial charge on any atom is 0.252 e. The summed E-state index contributed by atoms with van der Waals surface area (Å²) in [4.78, 5) is 41.4. The van der Waals surface area contributed by atoms with Crippen molar-refractivity contribution in [3.63, 3.8) is 0 Å². The van der Waals surface area contributed by atoms with Gasteiger partial charge in [0.25, 0.3) is 5.91 Å². The highest BCUT2D eigenvalue weighted by Gasteiger charge is 2.32. The number of halogens is 1. The first kappa shape index (κ1) is 17.7. The largest absolute Gasteiger partial charge is 0.352 e. The molecule has 2 N–H and O–H groups in total. The molecule has 25 heavy (non-hydrogen) atoms. The van der Waals surface area contributed by atoms with Crippen LogP contribution in [0.25, 0.3) is 0 Å². The van der Waals surface area contributed by atoms with Gasteiger partial charge in [-0.15, -0.1) is 0 Å². The lowest BCUT2D eigenvalue weighted by Crippen LogP contribution is -2.48. The summed E-state index contributed by atoms with van der Waals surface area (Å²) < 4.78 is 0. The molecule has 1 aromatic rings. The van der Waals surface area contributed by atoms with Crippen molar-refractivity contribution < 1.29 is 14.4 Å². The van der Waals surface area contributed by atoms with Crippen LogP contribution >= 0.6 is 11.6 Å². The van der Waals surface area contributed by atoms with E-state index < -0.39 is 0 Å². The second-order valence-corrected chi connectivity index (χ2v) is 6.97. The van der Waals surface area contributed by atoms with E-state index in [1.165, 1.54) is 12.4 Å². The van der Waals surface area contributed by atoms with E-state index in [0.717, 1.165) is 12.8 Å². The smallest absolute Gasteiger partial charge is 0.252 e. The SMILES string of the molecule is O=C1CCC(C(=O)N2CCC(CNC(=O)c3cncc(Cl)c3)CC2)N1. The lowest BCUT2D eigenvalue weighted by atomic mass is 9.96. The number of rotatable bonds is 4. The molecule has 0 bridgehead atoms. The summed E-state index contributed by atoms with van der Waals surface area (Å²) in [5.41, 5.74) is 0.442. The molecule has 0 saturated carbocycles. The lowest BCUT2D eigenvalue weighted by Gasteiger charge is -2.33. The van der Waals surface area contributed by atoms with Crippen molar-refractivity contribution in [1.82, 2.24) is 20.5 Å². The van der Waals surface area contributed by atoms with Gasteiger partial charge in [-0.2, -0.15) is 0 Å². The minimum atomic E-state index is -0.362. The normalized spacial score (nSPS) is 21.1. The van der Waals surface area contributed by atoms with Crippen molar-refractivity contribution in [2.24, 2.45) is 5.92 Å². The first-order valence-corrected chi connectivity index (χ1v) is 8.87. The number of hydrogen-bond acceptors (Lipinski definition) is 4. The van der Waals surface area contributed by atoms with Crippen LogP contribution in [0.15, 0.2) is 18.5 Å². The molecule has 2 aliphatic rings. The Kier molecular flexibility index (Phi) is 5.53. The fraction of sp³-hybridized carbons (Fsp3) is 0.529. The summed E-state index contributed by atoms with van der Waals surface area (Å²) in [7, 11) is 0. The van der Waals surface area contributed by atoms with Crippen LogP contribution in [0.2, 0.25) is 5.02 Å². The molecule has 0 spiro atoms. The summed E-state index contributed by atoms with van der Waals surface area (Å²) >= 11 is 5.84. The van der Waals surface area contributed by atoms with E-state index in [1.807, 2.05) is 4.90 Å². The fourth-order valence-corrected chi connectivity index (χ4v) is 3.43. The van der Waals surface area contributed by atoms with Gasteiger partial charge in [-0.05, 0) is 31.2 Å². The molecule has 2 saturated heterocycles. The maximum absolute atomic E-state index is 12.4. The minimum absolute atomic E-state index is 0.0123. The maximum atomic E-state index is 12.4. The quantitative estimate of drug-likeness (QED) is 0.833. The van der Waals surface area contributed by atoms with E-state index in [0.29, 0.717) is 49.0 Å². The van der Waals surface area contributed by atoms with Gasteiger partial charge < -0.3 is 15.5 Å². The third kappa shape index (κ3) is 4.48. The zero-order chi connectivity index (χ0) is 17.8. The second-order valence-electron chi connectivity index (χ2n) is 6.53. The molecule has 2 aliphatic heterocycles. The van der Waals surface area contributed by atoms with Crippen molar-refractivity contribution in [2.45, 2.75) is 31.7 Å². The van der Waals surface area contributed by atoms with Gasteiger partial charge in [0.2, 0.25) is 11.8 Å². The molecule has 3 rings (SSSR count). The number of aromatic nitrogens is 1. The van der Waals surface area contributed by atoms with Gasteiger partial charge in [0.15, 0.2) is 0 Å². The minimum Gasteiger partial charge on any atom is -0.352 e. The molecule has 1 aromatic heterocycles. The number of carbonyl (C=O) groups is 3. The summed E-state index contributed by atoms with van der Waals surface area (Å²) in [6.07, 6.45) is 5.65. The summed E-state index contributed by atoms with van der Waals surface area (Å²) in [6.45, 7) is 1.88. The Morgan fingerprint density at radius 1 is 1.28 bits per heavy atom. The molecule has 7 nitrogen and oxygen atoms in total. The van der Waals surface area contributed by atoms with E-state index >= 15 is 0 Å². The number of nitrogens with zero attached hydrogens (tertiary/aromatic N) is 2. The predicted molar refractivity (Wildman–Crippen MR) is 92.0 cm³/mol. The zero-order valence-electron chi connectivity index (χ0n) is 13.8. The predicted octanol–water partition coefficient (Wildman–Crippen LogP) is 0.982. The Morgan fingerprint density at radius 2 is 2.04 bits per heavy atom. The molecule has 8 heteroatoms. The second kappa shape index (κ2) is 7.82. The Balaban J connectivity index is 1.42. The number of carbonyl (C=O) groups excluding carboxylic acids is 3. The van der Waals surface area contributed by atoms with Gasteiger partial charge in [0.05, 0.1) is 10.6 Å². The molecule has 1 atom stereocenters. The molecule has 1 unspecified atom stereocenters. The highest BCUT2D eigenvalue weighted by molar-refractivity contribution is 6.30. The number of amides is 3. The van der Waals surface area contributed by atoms with E-state index in [9.17, 15) is 14.4 Å². The Hall–Kier alpha value is -2.15. The third-order valence-corrected chi connectivity index (χ3v) is 4.94. The Bertz CT molecular complexity index is 674. The van der Waals surface area contributed by atoms with Crippen molar-refractivity contribution in [1.29, 1.82) is 0 Å². The fourth-order valence-electron chi connectivity index (χ4n) is 3.25. The Morgan fingerprint density at radius 3 is 2.68 bits per heavy atom. The average Bonchev–Trinajstić information content (AvgIpc) is 3.06. The molecular weight excluding hydrogens is 344 g/mol. The van der Waals surface area contributed by atoms with Crippen LogP contribution in [-0.4, -0.2) is 53.3 Å². The van der Waals surface area contributed by atoms with Crippen LogP contribution in [-0.2, 0) is 9.59 Å². The molecule has 0 aliphatic carbocycles. The topological polar surface area (TPSA) is 91.4 Å². The summed E-state index contributed by atoms with van der Waals surface area (Å²) in [5, 5.41) is 6.05. The van der Waals surface area contributed by atoms with Crippen molar-refractivity contribution >= 4 is 29.3 Å². The van der Waals surface area contributed by atoms with Crippen molar-refractivity contribution in [2.75, 3.05) is 19.6 Å². The molecule has 0 aromatic carbocycles. The Labute approximate surface area is 151 Å². The number of likely N-dealkylation sites (tertiary alicyclic amines) is 1. The molecule has 3 heterocycles. The highest BCUT2D eigenvalue weighted by atomic mass is 35.5. The molecule has 2 fully saturated rings. The van der Waals surface area contributed by atoms with Crippen LogP contribution in [0.5, 0.6) is 0 Å². The van der Waals surface area contributed by atoms with Gasteiger partial charge in [-0.1, -0.05) is 11.6 Å². The van der Waals surface area contributed by atoms with E-state index in [4.69, 9.17) is 11.6 Å². The molecule has 3 amide bonds. The first-order valence-electron chi connectivity index (χ1n) is 8.50. The highest BCUT2D eigenvalue weighted by Crippen LogP contribution is 2.19. The van der Waals surface area contributed by atoms with Gasteiger partial charge in [-0.25, -0.2) is 0 Å². The van der Waals surface area contributed by atoms with E-state index in [-0.39, 0.29) is 23.8 Å². The van der Waals surface area contributed by atoms with Crippen LogP contribution < -0.4 is 10.6 Å². The number of pyridine rings is 1. The van der Waals surface area contributed by atoms with Crippen LogP contribution in [0.1, 0.15) is 36.0 Å². The number of hydrogen-bond donors (Lipinski definition) is 2. The summed E-state index contributed by atoms with van der Waals surface area (Å²) in [6, 6.07) is 1.22. The van der Waals surface area contributed by atoms with Crippen molar-refractivity contribution in [3.05, 3.63) is 29.0 Å². The summed E-state index contributed by atoms with van der Waals surface area (Å²) in [5.74, 6) is 0.102. The van der Waals surface area contributed by atoms with Gasteiger partial charge >= 0.3 is 0 Å².